The molecule has 2 fully saturated rings. The molecule has 4 nitrogen and oxygen atoms in total. The molecule has 0 amide bonds. The third-order valence-corrected chi connectivity index (χ3v) is 6.36. The van der Waals surface area contributed by atoms with Crippen LogP contribution in [-0.4, -0.2) is 28.7 Å². The van der Waals surface area contributed by atoms with Crippen LogP contribution in [0.3, 0.4) is 0 Å². The molecule has 1 aromatic carbocycles. The fourth-order valence-electron chi connectivity index (χ4n) is 4.55. The zero-order chi connectivity index (χ0) is 21.4. The molecule has 1 aromatic heterocycles. The van der Waals surface area contributed by atoms with Gasteiger partial charge in [-0.25, -0.2) is 23.1 Å². The number of rotatable bonds is 6. The summed E-state index contributed by atoms with van der Waals surface area (Å²) in [5.74, 6) is -2.96. The van der Waals surface area contributed by atoms with E-state index in [-0.39, 0.29) is 23.0 Å². The molecule has 0 N–H and O–H groups in total. The summed E-state index contributed by atoms with van der Waals surface area (Å²) in [6.45, 7) is 4.38. The van der Waals surface area contributed by atoms with E-state index >= 15 is 4.39 Å². The van der Waals surface area contributed by atoms with Gasteiger partial charge in [0.25, 0.3) is 5.92 Å². The van der Waals surface area contributed by atoms with Crippen molar-refractivity contribution in [2.24, 2.45) is 0 Å². The summed E-state index contributed by atoms with van der Waals surface area (Å²) in [5.41, 5.74) is 1.07. The third-order valence-electron chi connectivity index (χ3n) is 6.36. The summed E-state index contributed by atoms with van der Waals surface area (Å²) in [7, 11) is 0. The van der Waals surface area contributed by atoms with Gasteiger partial charge in [-0.1, -0.05) is 24.3 Å². The van der Waals surface area contributed by atoms with E-state index < -0.39 is 5.92 Å². The fourth-order valence-corrected chi connectivity index (χ4v) is 4.55. The van der Waals surface area contributed by atoms with Crippen molar-refractivity contribution in [3.05, 3.63) is 53.2 Å². The van der Waals surface area contributed by atoms with Gasteiger partial charge in [-0.05, 0) is 51.0 Å². The van der Waals surface area contributed by atoms with E-state index in [2.05, 4.69) is 16.9 Å². The third kappa shape index (κ3) is 4.31. The molecule has 3 heterocycles. The van der Waals surface area contributed by atoms with Gasteiger partial charge in [-0.3, -0.25) is 0 Å². The standard InChI is InChI=1S/C23H28F3N3O/c1-22(11-4-14-30-22)12-10-18-20(24)21(28-15-27-18)29-13-3-5-19(29)16-6-8-17(9-7-16)23(2,25)26/h6-9,15,19H,3-5,10-14H2,1-2H3. The first-order valence-corrected chi connectivity index (χ1v) is 10.7. The molecule has 2 aromatic rings. The van der Waals surface area contributed by atoms with Crippen LogP contribution >= 0.6 is 0 Å². The quantitative estimate of drug-likeness (QED) is 0.614. The number of halogens is 3. The van der Waals surface area contributed by atoms with Crippen LogP contribution in [0, 0.1) is 5.82 Å². The highest BCUT2D eigenvalue weighted by atomic mass is 19.3. The lowest BCUT2D eigenvalue weighted by Gasteiger charge is -2.27. The molecule has 162 valence electrons. The summed E-state index contributed by atoms with van der Waals surface area (Å²) in [6.07, 6.45) is 6.36. The van der Waals surface area contributed by atoms with Crippen LogP contribution in [0.5, 0.6) is 0 Å². The van der Waals surface area contributed by atoms with Crippen LogP contribution in [0.1, 0.15) is 68.8 Å². The number of aromatic nitrogens is 2. The van der Waals surface area contributed by atoms with Gasteiger partial charge in [-0.2, -0.15) is 0 Å². The van der Waals surface area contributed by atoms with Crippen molar-refractivity contribution in [1.29, 1.82) is 0 Å². The maximum atomic E-state index is 15.3. The van der Waals surface area contributed by atoms with Gasteiger partial charge in [0.1, 0.15) is 6.33 Å². The number of hydrogen-bond donors (Lipinski definition) is 0. The summed E-state index contributed by atoms with van der Waals surface area (Å²) in [4.78, 5) is 10.4. The molecule has 0 spiro atoms. The number of aryl methyl sites for hydroxylation is 1. The van der Waals surface area contributed by atoms with E-state index in [1.54, 1.807) is 12.1 Å². The van der Waals surface area contributed by atoms with Gasteiger partial charge >= 0.3 is 0 Å². The predicted molar refractivity (Wildman–Crippen MR) is 109 cm³/mol. The van der Waals surface area contributed by atoms with Gasteiger partial charge in [0, 0.05) is 25.6 Å². The molecule has 30 heavy (non-hydrogen) atoms. The number of benzene rings is 1. The first-order chi connectivity index (χ1) is 14.3. The van der Waals surface area contributed by atoms with Crippen LogP contribution < -0.4 is 4.90 Å². The normalized spacial score (nSPS) is 24.6. The average molecular weight is 419 g/mol. The molecule has 2 aliphatic rings. The summed E-state index contributed by atoms with van der Waals surface area (Å²) >= 11 is 0. The summed E-state index contributed by atoms with van der Waals surface area (Å²) in [6, 6.07) is 6.26. The number of hydrogen-bond acceptors (Lipinski definition) is 4. The van der Waals surface area contributed by atoms with Crippen molar-refractivity contribution in [3.8, 4) is 0 Å². The first kappa shape index (κ1) is 21.1. The zero-order valence-corrected chi connectivity index (χ0v) is 17.5. The van der Waals surface area contributed by atoms with Crippen molar-refractivity contribution in [1.82, 2.24) is 9.97 Å². The molecule has 0 aliphatic carbocycles. The number of anilines is 1. The lowest BCUT2D eigenvalue weighted by atomic mass is 9.95. The maximum absolute atomic E-state index is 15.3. The Balaban J connectivity index is 1.54. The second-order valence-electron chi connectivity index (χ2n) is 8.72. The second-order valence-corrected chi connectivity index (χ2v) is 8.72. The minimum absolute atomic E-state index is 0.0195. The second kappa shape index (κ2) is 8.17. The van der Waals surface area contributed by atoms with Gasteiger partial charge in [-0.15, -0.1) is 0 Å². The van der Waals surface area contributed by atoms with Crippen molar-refractivity contribution in [2.45, 2.75) is 69.9 Å². The summed E-state index contributed by atoms with van der Waals surface area (Å²) in [5, 5.41) is 0. The van der Waals surface area contributed by atoms with Crippen molar-refractivity contribution in [3.63, 3.8) is 0 Å². The van der Waals surface area contributed by atoms with E-state index in [1.807, 2.05) is 4.90 Å². The SMILES string of the molecule is CC1(CCc2ncnc(N3CCCC3c3ccc(C(C)(F)F)cc3)c2F)CCCO1. The highest BCUT2D eigenvalue weighted by molar-refractivity contribution is 5.46. The van der Waals surface area contributed by atoms with Gasteiger partial charge in [0.15, 0.2) is 11.6 Å². The van der Waals surface area contributed by atoms with Crippen molar-refractivity contribution < 1.29 is 17.9 Å². The maximum Gasteiger partial charge on any atom is 0.270 e. The molecule has 2 unspecified atom stereocenters. The van der Waals surface area contributed by atoms with Gasteiger partial charge in [0.05, 0.1) is 17.3 Å². The Morgan fingerprint density at radius 1 is 1.20 bits per heavy atom. The molecule has 2 aliphatic heterocycles. The number of ether oxygens (including phenoxy) is 1. The van der Waals surface area contributed by atoms with Crippen LogP contribution in [0.25, 0.3) is 0 Å². The Morgan fingerprint density at radius 2 is 1.97 bits per heavy atom. The Hall–Kier alpha value is -2.15. The Kier molecular flexibility index (Phi) is 5.75. The Bertz CT molecular complexity index is 876. The largest absolute Gasteiger partial charge is 0.375 e. The summed E-state index contributed by atoms with van der Waals surface area (Å²) < 4.78 is 48.2. The highest BCUT2D eigenvalue weighted by Crippen LogP contribution is 2.38. The lowest BCUT2D eigenvalue weighted by molar-refractivity contribution is 0.0132. The van der Waals surface area contributed by atoms with Crippen LogP contribution in [-0.2, 0) is 17.1 Å². The predicted octanol–water partition coefficient (Wildman–Crippen LogP) is 5.57. The van der Waals surface area contributed by atoms with E-state index in [9.17, 15) is 8.78 Å². The van der Waals surface area contributed by atoms with Crippen molar-refractivity contribution >= 4 is 5.82 Å². The molecule has 0 radical (unpaired) electrons. The van der Waals surface area contributed by atoms with E-state index in [0.29, 0.717) is 24.5 Å². The molecular weight excluding hydrogens is 391 g/mol. The van der Waals surface area contributed by atoms with E-state index in [4.69, 9.17) is 4.74 Å². The molecule has 0 saturated carbocycles. The first-order valence-electron chi connectivity index (χ1n) is 10.7. The van der Waals surface area contributed by atoms with E-state index in [1.165, 1.54) is 18.5 Å². The number of nitrogens with zero attached hydrogens (tertiary/aromatic N) is 3. The smallest absolute Gasteiger partial charge is 0.270 e. The average Bonchev–Trinajstić information content (AvgIpc) is 3.36. The minimum atomic E-state index is -2.87. The zero-order valence-electron chi connectivity index (χ0n) is 17.5. The van der Waals surface area contributed by atoms with Gasteiger partial charge in [0.2, 0.25) is 0 Å². The monoisotopic (exact) mass is 419 g/mol. The highest BCUT2D eigenvalue weighted by Gasteiger charge is 2.33. The number of alkyl halides is 2. The molecular formula is C23H28F3N3O. The van der Waals surface area contributed by atoms with E-state index in [0.717, 1.165) is 51.2 Å². The van der Waals surface area contributed by atoms with Crippen LogP contribution in [0.4, 0.5) is 19.0 Å². The Labute approximate surface area is 175 Å². The van der Waals surface area contributed by atoms with Gasteiger partial charge < -0.3 is 9.64 Å². The molecule has 7 heteroatoms. The molecule has 2 atom stereocenters. The Morgan fingerprint density at radius 3 is 2.63 bits per heavy atom. The molecule has 4 rings (SSSR count). The molecule has 2 saturated heterocycles. The fraction of sp³-hybridized carbons (Fsp3) is 0.565. The molecule has 0 bridgehead atoms. The lowest BCUT2D eigenvalue weighted by Crippen LogP contribution is -2.26. The topological polar surface area (TPSA) is 38.2 Å². The van der Waals surface area contributed by atoms with Crippen LogP contribution in [0.15, 0.2) is 30.6 Å². The van der Waals surface area contributed by atoms with Crippen molar-refractivity contribution in [2.75, 3.05) is 18.1 Å². The minimum Gasteiger partial charge on any atom is -0.375 e. The van der Waals surface area contributed by atoms with Crippen LogP contribution in [0.2, 0.25) is 0 Å².